The number of benzene rings is 3. The minimum Gasteiger partial charge on any atom is -0.376 e. The van der Waals surface area contributed by atoms with Crippen molar-refractivity contribution in [2.75, 3.05) is 22.5 Å². The molecule has 3 rings (SSSR count). The van der Waals surface area contributed by atoms with Gasteiger partial charge >= 0.3 is 0 Å². The van der Waals surface area contributed by atoms with Gasteiger partial charge in [0.2, 0.25) is 5.91 Å². The maximum absolute atomic E-state index is 12.3. The Morgan fingerprint density at radius 2 is 1.44 bits per heavy atom. The third-order valence-corrected chi connectivity index (χ3v) is 4.03. The van der Waals surface area contributed by atoms with Crippen LogP contribution in [0.15, 0.2) is 78.9 Å². The van der Waals surface area contributed by atoms with Gasteiger partial charge in [0.1, 0.15) is 0 Å². The van der Waals surface area contributed by atoms with E-state index in [4.69, 9.17) is 0 Å². The Morgan fingerprint density at radius 3 is 2.15 bits per heavy atom. The number of carbonyl (C=O) groups excluding carboxylic acids is 2. The Morgan fingerprint density at radius 1 is 0.778 bits per heavy atom. The maximum Gasteiger partial charge on any atom is 0.255 e. The van der Waals surface area contributed by atoms with Gasteiger partial charge in [-0.2, -0.15) is 0 Å². The number of anilines is 3. The number of para-hydroxylation sites is 1. The summed E-state index contributed by atoms with van der Waals surface area (Å²) in [7, 11) is 0. The van der Waals surface area contributed by atoms with E-state index in [-0.39, 0.29) is 18.4 Å². The smallest absolute Gasteiger partial charge is 0.255 e. The molecule has 3 aromatic rings. The Kier molecular flexibility index (Phi) is 5.84. The Hall–Kier alpha value is -3.60. The summed E-state index contributed by atoms with van der Waals surface area (Å²) in [5.74, 6) is -0.313. The fraction of sp³-hybridized carbons (Fsp3) is 0.0909. The second-order valence-electron chi connectivity index (χ2n) is 6.12. The van der Waals surface area contributed by atoms with Gasteiger partial charge in [-0.05, 0) is 48.9 Å². The van der Waals surface area contributed by atoms with Crippen LogP contribution < -0.4 is 16.0 Å². The first kappa shape index (κ1) is 18.2. The lowest BCUT2D eigenvalue weighted by molar-refractivity contribution is -0.114. The predicted molar refractivity (Wildman–Crippen MR) is 109 cm³/mol. The molecule has 3 aromatic carbocycles. The fourth-order valence-corrected chi connectivity index (χ4v) is 2.59. The molecule has 136 valence electrons. The molecular formula is C22H21N3O2. The summed E-state index contributed by atoms with van der Waals surface area (Å²) in [6.45, 7) is 2.08. The molecule has 0 aromatic heterocycles. The highest BCUT2D eigenvalue weighted by molar-refractivity contribution is 6.04. The molecule has 0 saturated heterocycles. The van der Waals surface area contributed by atoms with Crippen molar-refractivity contribution in [3.05, 3.63) is 90.0 Å². The molecule has 0 fully saturated rings. The van der Waals surface area contributed by atoms with Gasteiger partial charge in [0.15, 0.2) is 0 Å². The van der Waals surface area contributed by atoms with Gasteiger partial charge in [-0.3, -0.25) is 9.59 Å². The Balaban J connectivity index is 1.61. The Bertz CT molecular complexity index is 925. The second-order valence-corrected chi connectivity index (χ2v) is 6.12. The molecule has 0 saturated carbocycles. The van der Waals surface area contributed by atoms with Crippen LogP contribution >= 0.6 is 0 Å². The van der Waals surface area contributed by atoms with Gasteiger partial charge in [0.25, 0.3) is 5.91 Å². The van der Waals surface area contributed by atoms with Gasteiger partial charge < -0.3 is 16.0 Å². The van der Waals surface area contributed by atoms with Gasteiger partial charge in [0, 0.05) is 22.6 Å². The van der Waals surface area contributed by atoms with Crippen LogP contribution in [0.25, 0.3) is 0 Å². The van der Waals surface area contributed by atoms with E-state index < -0.39 is 0 Å². The lowest BCUT2D eigenvalue weighted by Crippen LogP contribution is -2.22. The topological polar surface area (TPSA) is 70.2 Å². The predicted octanol–water partition coefficient (Wildman–Crippen LogP) is 4.30. The van der Waals surface area contributed by atoms with Crippen LogP contribution in [0, 0.1) is 6.92 Å². The summed E-state index contributed by atoms with van der Waals surface area (Å²) in [4.78, 5) is 24.4. The normalized spacial score (nSPS) is 10.1. The highest BCUT2D eigenvalue weighted by Crippen LogP contribution is 2.21. The molecule has 5 nitrogen and oxygen atoms in total. The molecule has 2 amide bonds. The molecule has 5 heteroatoms. The summed E-state index contributed by atoms with van der Waals surface area (Å²) in [6, 6.07) is 23.9. The van der Waals surface area contributed by atoms with E-state index in [2.05, 4.69) is 16.0 Å². The van der Waals surface area contributed by atoms with E-state index in [9.17, 15) is 9.59 Å². The standard InChI is InChI=1S/C22H21N3O2/c1-16-12-13-19(25-22(27)17-8-4-2-5-9-17)14-20(16)23-15-21(26)24-18-10-6-3-7-11-18/h2-14,23H,15H2,1H3,(H,24,26)(H,25,27). The van der Waals surface area contributed by atoms with Crippen molar-refractivity contribution in [1.82, 2.24) is 0 Å². The van der Waals surface area contributed by atoms with Crippen molar-refractivity contribution in [3.63, 3.8) is 0 Å². The van der Waals surface area contributed by atoms with Crippen LogP contribution in [0.2, 0.25) is 0 Å². The molecule has 3 N–H and O–H groups in total. The summed E-state index contributed by atoms with van der Waals surface area (Å²) in [5.41, 5.74) is 3.80. The number of rotatable bonds is 6. The van der Waals surface area contributed by atoms with Gasteiger partial charge in [-0.1, -0.05) is 42.5 Å². The second kappa shape index (κ2) is 8.67. The molecule has 0 bridgehead atoms. The number of nitrogens with one attached hydrogen (secondary N) is 3. The highest BCUT2D eigenvalue weighted by atomic mass is 16.2. The first-order chi connectivity index (χ1) is 13.1. The maximum atomic E-state index is 12.3. The van der Waals surface area contributed by atoms with E-state index in [0.29, 0.717) is 11.3 Å². The Labute approximate surface area is 158 Å². The van der Waals surface area contributed by atoms with Crippen molar-refractivity contribution in [2.24, 2.45) is 0 Å². The number of amides is 2. The molecule has 0 aliphatic heterocycles. The van der Waals surface area contributed by atoms with Crippen LogP contribution in [-0.4, -0.2) is 18.4 Å². The van der Waals surface area contributed by atoms with Crippen LogP contribution in [0.3, 0.4) is 0 Å². The number of carbonyl (C=O) groups is 2. The van der Waals surface area contributed by atoms with Crippen LogP contribution in [0.5, 0.6) is 0 Å². The van der Waals surface area contributed by atoms with Crippen molar-refractivity contribution in [1.29, 1.82) is 0 Å². The van der Waals surface area contributed by atoms with E-state index in [1.165, 1.54) is 0 Å². The van der Waals surface area contributed by atoms with E-state index in [1.807, 2.05) is 73.7 Å². The first-order valence-corrected chi connectivity index (χ1v) is 8.67. The summed E-state index contributed by atoms with van der Waals surface area (Å²) >= 11 is 0. The van der Waals surface area contributed by atoms with Gasteiger partial charge in [-0.25, -0.2) is 0 Å². The summed E-state index contributed by atoms with van der Waals surface area (Å²) in [6.07, 6.45) is 0. The average molecular weight is 359 g/mol. The molecule has 0 aliphatic rings. The van der Waals surface area contributed by atoms with Crippen molar-refractivity contribution in [2.45, 2.75) is 6.92 Å². The van der Waals surface area contributed by atoms with E-state index >= 15 is 0 Å². The molecule has 0 aliphatic carbocycles. The van der Waals surface area contributed by atoms with Crippen molar-refractivity contribution in [3.8, 4) is 0 Å². The van der Waals surface area contributed by atoms with Crippen LogP contribution in [0.4, 0.5) is 17.1 Å². The van der Waals surface area contributed by atoms with Crippen molar-refractivity contribution < 1.29 is 9.59 Å². The fourth-order valence-electron chi connectivity index (χ4n) is 2.59. The minimum atomic E-state index is -0.174. The summed E-state index contributed by atoms with van der Waals surface area (Å²) < 4.78 is 0. The SMILES string of the molecule is Cc1ccc(NC(=O)c2ccccc2)cc1NCC(=O)Nc1ccccc1. The molecule has 27 heavy (non-hydrogen) atoms. The molecule has 0 unspecified atom stereocenters. The lowest BCUT2D eigenvalue weighted by atomic mass is 10.1. The monoisotopic (exact) mass is 359 g/mol. The van der Waals surface area contributed by atoms with Crippen LogP contribution in [-0.2, 0) is 4.79 Å². The van der Waals surface area contributed by atoms with Gasteiger partial charge in [0.05, 0.1) is 6.54 Å². The third kappa shape index (κ3) is 5.19. The average Bonchev–Trinajstić information content (AvgIpc) is 2.70. The third-order valence-electron chi connectivity index (χ3n) is 4.03. The largest absolute Gasteiger partial charge is 0.376 e. The van der Waals surface area contributed by atoms with E-state index in [0.717, 1.165) is 16.9 Å². The lowest BCUT2D eigenvalue weighted by Gasteiger charge is -2.13. The molecular weight excluding hydrogens is 338 g/mol. The van der Waals surface area contributed by atoms with E-state index in [1.54, 1.807) is 12.1 Å². The summed E-state index contributed by atoms with van der Waals surface area (Å²) in [5, 5.41) is 8.83. The number of hydrogen-bond donors (Lipinski definition) is 3. The van der Waals surface area contributed by atoms with Crippen LogP contribution in [0.1, 0.15) is 15.9 Å². The highest BCUT2D eigenvalue weighted by Gasteiger charge is 2.08. The molecule has 0 spiro atoms. The zero-order chi connectivity index (χ0) is 19.1. The number of aryl methyl sites for hydroxylation is 1. The molecule has 0 heterocycles. The minimum absolute atomic E-state index is 0.131. The zero-order valence-electron chi connectivity index (χ0n) is 15.0. The molecule has 0 atom stereocenters. The molecule has 0 radical (unpaired) electrons. The van der Waals surface area contributed by atoms with Crippen molar-refractivity contribution >= 4 is 28.9 Å². The number of hydrogen-bond acceptors (Lipinski definition) is 3. The zero-order valence-corrected chi connectivity index (χ0v) is 15.0. The first-order valence-electron chi connectivity index (χ1n) is 8.67. The quantitative estimate of drug-likeness (QED) is 0.615. The van der Waals surface area contributed by atoms with Gasteiger partial charge in [-0.15, -0.1) is 0 Å².